The van der Waals surface area contributed by atoms with Gasteiger partial charge in [0.25, 0.3) is 0 Å². The Hall–Kier alpha value is -1.99. The third-order valence-corrected chi connectivity index (χ3v) is 6.46. The number of ether oxygens (including phenoxy) is 3. The van der Waals surface area contributed by atoms with Crippen LogP contribution >= 0.6 is 0 Å². The van der Waals surface area contributed by atoms with Crippen molar-refractivity contribution in [3.63, 3.8) is 0 Å². The number of benzene rings is 1. The summed E-state index contributed by atoms with van der Waals surface area (Å²) in [6, 6.07) is 6.37. The van der Waals surface area contributed by atoms with Crippen LogP contribution in [0.2, 0.25) is 0 Å². The molecular weight excluding hydrogens is 380 g/mol. The van der Waals surface area contributed by atoms with Gasteiger partial charge in [0.2, 0.25) is 0 Å². The lowest BCUT2D eigenvalue weighted by Crippen LogP contribution is -2.47. The summed E-state index contributed by atoms with van der Waals surface area (Å²) in [5.74, 6) is 2.36. The van der Waals surface area contributed by atoms with Gasteiger partial charge in [-0.1, -0.05) is 25.8 Å². The summed E-state index contributed by atoms with van der Waals surface area (Å²) in [5, 5.41) is 7.11. The lowest BCUT2D eigenvalue weighted by molar-refractivity contribution is 0.0169. The van der Waals surface area contributed by atoms with Gasteiger partial charge in [0, 0.05) is 33.2 Å². The molecule has 7 nitrogen and oxygen atoms in total. The van der Waals surface area contributed by atoms with Crippen molar-refractivity contribution in [2.45, 2.75) is 38.6 Å². The zero-order valence-corrected chi connectivity index (χ0v) is 19.0. The van der Waals surface area contributed by atoms with E-state index < -0.39 is 0 Å². The van der Waals surface area contributed by atoms with Gasteiger partial charge in [-0.2, -0.15) is 0 Å². The number of guanidine groups is 1. The Bertz CT molecular complexity index is 698. The van der Waals surface area contributed by atoms with Crippen molar-refractivity contribution in [3.8, 4) is 11.5 Å². The van der Waals surface area contributed by atoms with Crippen LogP contribution in [0.4, 0.5) is 0 Å². The van der Waals surface area contributed by atoms with Crippen molar-refractivity contribution in [1.82, 2.24) is 15.5 Å². The fraction of sp³-hybridized carbons (Fsp3) is 0.696. The molecule has 168 valence electrons. The highest BCUT2D eigenvalue weighted by atomic mass is 16.5. The van der Waals surface area contributed by atoms with Gasteiger partial charge in [-0.15, -0.1) is 0 Å². The van der Waals surface area contributed by atoms with Crippen LogP contribution in [0.15, 0.2) is 23.2 Å². The first-order valence-electron chi connectivity index (χ1n) is 11.1. The number of morpholine rings is 1. The highest BCUT2D eigenvalue weighted by Gasteiger charge is 2.29. The second-order valence-electron chi connectivity index (χ2n) is 8.60. The van der Waals surface area contributed by atoms with Gasteiger partial charge in [-0.25, -0.2) is 0 Å². The maximum atomic E-state index is 5.58. The van der Waals surface area contributed by atoms with Gasteiger partial charge in [0.05, 0.1) is 33.5 Å². The third kappa shape index (κ3) is 5.79. The van der Waals surface area contributed by atoms with E-state index in [4.69, 9.17) is 14.2 Å². The molecule has 2 fully saturated rings. The Balaban J connectivity index is 1.69. The molecule has 30 heavy (non-hydrogen) atoms. The zero-order chi connectivity index (χ0) is 21.4. The Morgan fingerprint density at radius 2 is 1.83 bits per heavy atom. The molecule has 0 radical (unpaired) electrons. The number of methoxy groups -OCH3 is 2. The van der Waals surface area contributed by atoms with Crippen LogP contribution in [0.5, 0.6) is 11.5 Å². The predicted molar refractivity (Wildman–Crippen MR) is 121 cm³/mol. The van der Waals surface area contributed by atoms with E-state index in [9.17, 15) is 0 Å². The van der Waals surface area contributed by atoms with Crippen LogP contribution in [0.1, 0.15) is 44.2 Å². The predicted octanol–water partition coefficient (Wildman–Crippen LogP) is 2.82. The quantitative estimate of drug-likeness (QED) is 0.500. The molecule has 3 rings (SSSR count). The van der Waals surface area contributed by atoms with Gasteiger partial charge in [-0.3, -0.25) is 9.89 Å². The molecule has 0 amide bonds. The minimum absolute atomic E-state index is 0.189. The molecular formula is C23H38N4O3. The van der Waals surface area contributed by atoms with E-state index in [0.29, 0.717) is 5.41 Å². The second kappa shape index (κ2) is 10.9. The summed E-state index contributed by atoms with van der Waals surface area (Å²) >= 11 is 0. The van der Waals surface area contributed by atoms with Crippen LogP contribution in [-0.4, -0.2) is 71.5 Å². The summed E-state index contributed by atoms with van der Waals surface area (Å²) in [7, 11) is 5.19. The molecule has 0 bridgehead atoms. The first-order valence-corrected chi connectivity index (χ1v) is 11.1. The van der Waals surface area contributed by atoms with Crippen LogP contribution in [0.3, 0.4) is 0 Å². The van der Waals surface area contributed by atoms with E-state index in [1.165, 1.54) is 31.2 Å². The summed E-state index contributed by atoms with van der Waals surface area (Å²) in [6.45, 7) is 7.43. The SMILES string of the molecule is CN=C(NCC(c1ccc(OC)c(OC)c1)N1CCOCC1)NCC1(C)CCCC1. The molecule has 1 saturated heterocycles. The Morgan fingerprint density at radius 1 is 1.13 bits per heavy atom. The molecule has 1 aliphatic carbocycles. The number of nitrogens with one attached hydrogen (secondary N) is 2. The number of rotatable bonds is 8. The number of hydrogen-bond donors (Lipinski definition) is 2. The van der Waals surface area contributed by atoms with E-state index in [2.05, 4.69) is 39.6 Å². The van der Waals surface area contributed by atoms with Crippen molar-refractivity contribution in [1.29, 1.82) is 0 Å². The highest BCUT2D eigenvalue weighted by Crippen LogP contribution is 2.36. The zero-order valence-electron chi connectivity index (χ0n) is 19.0. The molecule has 1 aromatic rings. The Morgan fingerprint density at radius 3 is 2.47 bits per heavy atom. The van der Waals surface area contributed by atoms with E-state index in [0.717, 1.165) is 56.9 Å². The van der Waals surface area contributed by atoms with Gasteiger partial charge in [-0.05, 0) is 36.0 Å². The topological polar surface area (TPSA) is 67.4 Å². The first-order chi connectivity index (χ1) is 14.6. The van der Waals surface area contributed by atoms with E-state index in [-0.39, 0.29) is 6.04 Å². The third-order valence-electron chi connectivity index (χ3n) is 6.46. The highest BCUT2D eigenvalue weighted by molar-refractivity contribution is 5.79. The van der Waals surface area contributed by atoms with Crippen molar-refractivity contribution in [2.75, 3.05) is 60.7 Å². The van der Waals surface area contributed by atoms with Crippen LogP contribution < -0.4 is 20.1 Å². The summed E-state index contributed by atoms with van der Waals surface area (Å²) in [4.78, 5) is 6.92. The van der Waals surface area contributed by atoms with Gasteiger partial charge in [0.1, 0.15) is 0 Å². The minimum atomic E-state index is 0.189. The Kier molecular flexibility index (Phi) is 8.22. The van der Waals surface area contributed by atoms with Crippen molar-refractivity contribution in [2.24, 2.45) is 10.4 Å². The van der Waals surface area contributed by atoms with Crippen molar-refractivity contribution >= 4 is 5.96 Å². The Labute approximate surface area is 181 Å². The molecule has 0 aromatic heterocycles. The van der Waals surface area contributed by atoms with E-state index >= 15 is 0 Å². The molecule has 1 aromatic carbocycles. The largest absolute Gasteiger partial charge is 0.493 e. The molecule has 0 spiro atoms. The molecule has 1 saturated carbocycles. The van der Waals surface area contributed by atoms with Gasteiger partial charge in [0.15, 0.2) is 17.5 Å². The second-order valence-corrected chi connectivity index (χ2v) is 8.60. The van der Waals surface area contributed by atoms with E-state index in [1.807, 2.05) is 13.1 Å². The molecule has 1 unspecified atom stereocenters. The number of hydrogen-bond acceptors (Lipinski definition) is 5. The molecule has 1 atom stereocenters. The van der Waals surface area contributed by atoms with Gasteiger partial charge >= 0.3 is 0 Å². The average molecular weight is 419 g/mol. The fourth-order valence-corrected chi connectivity index (χ4v) is 4.52. The molecule has 2 aliphatic rings. The molecule has 2 N–H and O–H groups in total. The van der Waals surface area contributed by atoms with E-state index in [1.54, 1.807) is 14.2 Å². The monoisotopic (exact) mass is 418 g/mol. The summed E-state index contributed by atoms with van der Waals surface area (Å²) in [5.41, 5.74) is 1.57. The smallest absolute Gasteiger partial charge is 0.191 e. The van der Waals surface area contributed by atoms with Crippen molar-refractivity contribution in [3.05, 3.63) is 23.8 Å². The maximum Gasteiger partial charge on any atom is 0.191 e. The summed E-state index contributed by atoms with van der Waals surface area (Å²) in [6.07, 6.45) is 5.25. The lowest BCUT2D eigenvalue weighted by atomic mass is 9.89. The average Bonchev–Trinajstić information content (AvgIpc) is 3.23. The number of aliphatic imine (C=N–C) groups is 1. The normalized spacial score (nSPS) is 20.6. The molecule has 1 aliphatic heterocycles. The number of nitrogens with zero attached hydrogens (tertiary/aromatic N) is 2. The van der Waals surface area contributed by atoms with Crippen LogP contribution in [0.25, 0.3) is 0 Å². The van der Waals surface area contributed by atoms with Gasteiger partial charge < -0.3 is 24.8 Å². The maximum absolute atomic E-state index is 5.58. The standard InChI is InChI=1S/C23H38N4O3/c1-23(9-5-6-10-23)17-26-22(24-2)25-16-19(27-11-13-30-14-12-27)18-7-8-20(28-3)21(15-18)29-4/h7-8,15,19H,5-6,9-14,16-17H2,1-4H3,(H2,24,25,26). The fourth-order valence-electron chi connectivity index (χ4n) is 4.52. The first kappa shape index (κ1) is 22.7. The lowest BCUT2D eigenvalue weighted by Gasteiger charge is -2.35. The van der Waals surface area contributed by atoms with Crippen LogP contribution in [0, 0.1) is 5.41 Å². The minimum Gasteiger partial charge on any atom is -0.493 e. The summed E-state index contributed by atoms with van der Waals surface area (Å²) < 4.78 is 16.5. The van der Waals surface area contributed by atoms with Crippen LogP contribution in [-0.2, 0) is 4.74 Å². The molecule has 1 heterocycles. The molecule has 7 heteroatoms. The van der Waals surface area contributed by atoms with Crippen molar-refractivity contribution < 1.29 is 14.2 Å².